The van der Waals surface area contributed by atoms with E-state index in [1.54, 1.807) is 19.9 Å². The third-order valence-corrected chi connectivity index (χ3v) is 2.18. The number of carboxylic acids is 2. The van der Waals surface area contributed by atoms with Crippen molar-refractivity contribution < 1.29 is 19.8 Å². The van der Waals surface area contributed by atoms with E-state index in [9.17, 15) is 9.59 Å². The summed E-state index contributed by atoms with van der Waals surface area (Å²) in [6.07, 6.45) is 0. The van der Waals surface area contributed by atoms with Crippen molar-refractivity contribution in [3.63, 3.8) is 0 Å². The molecule has 0 spiro atoms. The summed E-state index contributed by atoms with van der Waals surface area (Å²) >= 11 is 0. The van der Waals surface area contributed by atoms with E-state index >= 15 is 0 Å². The maximum absolute atomic E-state index is 10.8. The van der Waals surface area contributed by atoms with Gasteiger partial charge in [0.05, 0.1) is 11.1 Å². The lowest BCUT2D eigenvalue weighted by Crippen LogP contribution is -2.10. The van der Waals surface area contributed by atoms with Gasteiger partial charge in [-0.15, -0.1) is 24.8 Å². The molecule has 0 aromatic heterocycles. The molecule has 1 aromatic rings. The minimum Gasteiger partial charge on any atom is -0.478 e. The van der Waals surface area contributed by atoms with Crippen LogP contribution in [0.5, 0.6) is 0 Å². The molecule has 0 aliphatic rings. The SMILES string of the molecule is Cc1ccc(C(=O)O)c(C(=O)O)c1C.Cl.Cl. The quantitative estimate of drug-likeness (QED) is 0.863. The van der Waals surface area contributed by atoms with Crippen molar-refractivity contribution >= 4 is 36.8 Å². The molecule has 4 nitrogen and oxygen atoms in total. The van der Waals surface area contributed by atoms with Gasteiger partial charge in [-0.25, -0.2) is 9.59 Å². The molecule has 0 fully saturated rings. The van der Waals surface area contributed by atoms with Crippen LogP contribution in [-0.4, -0.2) is 22.2 Å². The van der Waals surface area contributed by atoms with E-state index in [2.05, 4.69) is 0 Å². The Morgan fingerprint density at radius 2 is 1.50 bits per heavy atom. The van der Waals surface area contributed by atoms with E-state index < -0.39 is 11.9 Å². The zero-order valence-corrected chi connectivity index (χ0v) is 10.3. The van der Waals surface area contributed by atoms with Crippen molar-refractivity contribution in [2.24, 2.45) is 0 Å². The van der Waals surface area contributed by atoms with Gasteiger partial charge in [-0.1, -0.05) is 6.07 Å². The van der Waals surface area contributed by atoms with Gasteiger partial charge in [0.1, 0.15) is 0 Å². The standard InChI is InChI=1S/C10H10O4.2ClH/c1-5-3-4-7(9(11)12)8(6(5)2)10(13)14;;/h3-4H,1-2H3,(H,11,12)(H,13,14);2*1H. The van der Waals surface area contributed by atoms with Gasteiger partial charge in [0.15, 0.2) is 0 Å². The van der Waals surface area contributed by atoms with Gasteiger partial charge in [0.2, 0.25) is 0 Å². The second kappa shape index (κ2) is 6.35. The van der Waals surface area contributed by atoms with Crippen LogP contribution < -0.4 is 0 Å². The van der Waals surface area contributed by atoms with Gasteiger partial charge in [0, 0.05) is 0 Å². The molecular formula is C10H12Cl2O4. The van der Waals surface area contributed by atoms with Crippen LogP contribution in [0.3, 0.4) is 0 Å². The predicted octanol–water partition coefficient (Wildman–Crippen LogP) is 2.54. The lowest BCUT2D eigenvalue weighted by molar-refractivity contribution is 0.0650. The van der Waals surface area contributed by atoms with Crippen LogP contribution in [0, 0.1) is 13.8 Å². The number of carboxylic acid groups (broad SMARTS) is 2. The van der Waals surface area contributed by atoms with Crippen molar-refractivity contribution in [3.05, 3.63) is 34.4 Å². The van der Waals surface area contributed by atoms with E-state index in [1.807, 2.05) is 0 Å². The molecule has 2 N–H and O–H groups in total. The van der Waals surface area contributed by atoms with Crippen LogP contribution in [0.15, 0.2) is 12.1 Å². The van der Waals surface area contributed by atoms with Crippen LogP contribution in [0.4, 0.5) is 0 Å². The molecule has 0 bridgehead atoms. The van der Waals surface area contributed by atoms with Crippen LogP contribution in [-0.2, 0) is 0 Å². The molecule has 90 valence electrons. The molecule has 0 amide bonds. The van der Waals surface area contributed by atoms with Gasteiger partial charge in [0.25, 0.3) is 0 Å². The van der Waals surface area contributed by atoms with Crippen molar-refractivity contribution in [2.75, 3.05) is 0 Å². The monoisotopic (exact) mass is 266 g/mol. The molecule has 6 heteroatoms. The molecule has 0 aliphatic carbocycles. The van der Waals surface area contributed by atoms with E-state index in [4.69, 9.17) is 10.2 Å². The number of halogens is 2. The molecule has 0 saturated heterocycles. The summed E-state index contributed by atoms with van der Waals surface area (Å²) in [5.74, 6) is -2.42. The first-order chi connectivity index (χ1) is 6.45. The van der Waals surface area contributed by atoms with Crippen molar-refractivity contribution in [1.29, 1.82) is 0 Å². The summed E-state index contributed by atoms with van der Waals surface area (Å²) in [6, 6.07) is 2.92. The first-order valence-corrected chi connectivity index (χ1v) is 4.02. The van der Waals surface area contributed by atoms with E-state index in [-0.39, 0.29) is 35.9 Å². The highest BCUT2D eigenvalue weighted by atomic mass is 35.5. The lowest BCUT2D eigenvalue weighted by atomic mass is 9.98. The highest BCUT2D eigenvalue weighted by molar-refractivity contribution is 6.02. The number of hydrogen-bond donors (Lipinski definition) is 2. The summed E-state index contributed by atoms with van der Waals surface area (Å²) in [5.41, 5.74) is 0.975. The van der Waals surface area contributed by atoms with Gasteiger partial charge >= 0.3 is 11.9 Å². The van der Waals surface area contributed by atoms with E-state index in [0.29, 0.717) is 5.56 Å². The van der Waals surface area contributed by atoms with Crippen molar-refractivity contribution in [1.82, 2.24) is 0 Å². The predicted molar refractivity (Wildman–Crippen MR) is 64.3 cm³/mol. The molecule has 0 atom stereocenters. The summed E-state index contributed by atoms with van der Waals surface area (Å²) in [6.45, 7) is 3.35. The second-order valence-corrected chi connectivity index (χ2v) is 3.04. The molecule has 0 aliphatic heterocycles. The molecule has 0 saturated carbocycles. The number of aryl methyl sites for hydroxylation is 1. The first-order valence-electron chi connectivity index (χ1n) is 4.02. The molecule has 0 heterocycles. The van der Waals surface area contributed by atoms with Gasteiger partial charge in [-0.2, -0.15) is 0 Å². The minimum atomic E-state index is -1.22. The van der Waals surface area contributed by atoms with Crippen LogP contribution in [0.25, 0.3) is 0 Å². The number of rotatable bonds is 2. The number of hydrogen-bond acceptors (Lipinski definition) is 2. The van der Waals surface area contributed by atoms with Crippen LogP contribution in [0.2, 0.25) is 0 Å². The topological polar surface area (TPSA) is 74.6 Å². The fourth-order valence-corrected chi connectivity index (χ4v) is 1.27. The summed E-state index contributed by atoms with van der Waals surface area (Å²) in [4.78, 5) is 21.6. The van der Waals surface area contributed by atoms with Crippen molar-refractivity contribution in [3.8, 4) is 0 Å². The van der Waals surface area contributed by atoms with Crippen LogP contribution in [0.1, 0.15) is 31.8 Å². The maximum Gasteiger partial charge on any atom is 0.336 e. The minimum absolute atomic E-state index is 0. The molecule has 16 heavy (non-hydrogen) atoms. The van der Waals surface area contributed by atoms with E-state index in [0.717, 1.165) is 5.56 Å². The second-order valence-electron chi connectivity index (χ2n) is 3.04. The highest BCUT2D eigenvalue weighted by Crippen LogP contribution is 2.18. The lowest BCUT2D eigenvalue weighted by Gasteiger charge is -2.07. The van der Waals surface area contributed by atoms with Crippen LogP contribution >= 0.6 is 24.8 Å². The smallest absolute Gasteiger partial charge is 0.336 e. The largest absolute Gasteiger partial charge is 0.478 e. The van der Waals surface area contributed by atoms with Crippen molar-refractivity contribution in [2.45, 2.75) is 13.8 Å². The average Bonchev–Trinajstić information content (AvgIpc) is 2.08. The first kappa shape index (κ1) is 17.1. The Hall–Kier alpha value is -1.26. The zero-order chi connectivity index (χ0) is 10.9. The molecule has 1 aromatic carbocycles. The average molecular weight is 267 g/mol. The molecular weight excluding hydrogens is 255 g/mol. The zero-order valence-electron chi connectivity index (χ0n) is 8.68. The highest BCUT2D eigenvalue weighted by Gasteiger charge is 2.18. The molecule has 0 unspecified atom stereocenters. The Bertz CT molecular complexity index is 416. The third-order valence-electron chi connectivity index (χ3n) is 2.18. The summed E-state index contributed by atoms with van der Waals surface area (Å²) in [5, 5.41) is 17.6. The van der Waals surface area contributed by atoms with E-state index in [1.165, 1.54) is 6.07 Å². The normalized spacial score (nSPS) is 8.62. The van der Waals surface area contributed by atoms with Gasteiger partial charge < -0.3 is 10.2 Å². The summed E-state index contributed by atoms with van der Waals surface area (Å²) in [7, 11) is 0. The van der Waals surface area contributed by atoms with Gasteiger partial charge in [-0.3, -0.25) is 0 Å². The number of carbonyl (C=O) groups is 2. The van der Waals surface area contributed by atoms with Gasteiger partial charge in [-0.05, 0) is 31.0 Å². The third kappa shape index (κ3) is 3.12. The number of benzene rings is 1. The fourth-order valence-electron chi connectivity index (χ4n) is 1.27. The Balaban J connectivity index is 0. The Morgan fingerprint density at radius 1 is 1.00 bits per heavy atom. The summed E-state index contributed by atoms with van der Waals surface area (Å²) < 4.78 is 0. The molecule has 1 rings (SSSR count). The Kier molecular flexibility index (Phi) is 6.80. The Morgan fingerprint density at radius 3 is 1.88 bits per heavy atom. The number of aromatic carboxylic acids is 2. The maximum atomic E-state index is 10.8. The fraction of sp³-hybridized carbons (Fsp3) is 0.200. The Labute approximate surface area is 105 Å². The molecule has 0 radical (unpaired) electrons.